The Labute approximate surface area is 215 Å². The molecule has 2 aromatic carbocycles. The first-order valence-electron chi connectivity index (χ1n) is 13.0. The molecule has 37 heavy (non-hydrogen) atoms. The number of aromatic amines is 1. The van der Waals surface area contributed by atoms with E-state index in [0.717, 1.165) is 57.6 Å². The summed E-state index contributed by atoms with van der Waals surface area (Å²) in [5.41, 5.74) is 13.5. The van der Waals surface area contributed by atoms with Crippen molar-refractivity contribution in [3.8, 4) is 22.5 Å². The van der Waals surface area contributed by atoms with Gasteiger partial charge in [0.1, 0.15) is 22.9 Å². The molecule has 5 aromatic rings. The van der Waals surface area contributed by atoms with Crippen LogP contribution in [0.4, 0.5) is 5.82 Å². The van der Waals surface area contributed by atoms with Gasteiger partial charge < -0.3 is 15.8 Å². The molecule has 1 aliphatic rings. The number of carbonyl (C=O) groups is 1. The molecule has 3 heterocycles. The number of anilines is 1. The molecule has 188 valence electrons. The molecular weight excluding hydrogens is 462 g/mol. The summed E-state index contributed by atoms with van der Waals surface area (Å²) in [6.07, 6.45) is 6.52. The number of aliphatic carboxylic acids is 1. The Hall–Kier alpha value is -4.13. The Morgan fingerprint density at radius 3 is 2.57 bits per heavy atom. The second-order valence-electron chi connectivity index (χ2n) is 10.5. The van der Waals surface area contributed by atoms with Gasteiger partial charge in [-0.1, -0.05) is 56.3 Å². The molecule has 1 saturated carbocycles. The van der Waals surface area contributed by atoms with Crippen LogP contribution < -0.4 is 5.73 Å². The van der Waals surface area contributed by atoms with Crippen molar-refractivity contribution in [2.24, 2.45) is 5.92 Å². The summed E-state index contributed by atoms with van der Waals surface area (Å²) in [5, 5.41) is 10.5. The van der Waals surface area contributed by atoms with E-state index >= 15 is 0 Å². The first-order chi connectivity index (χ1) is 17.9. The van der Waals surface area contributed by atoms with E-state index in [1.54, 1.807) is 6.20 Å². The summed E-state index contributed by atoms with van der Waals surface area (Å²) in [6, 6.07) is 17.2. The Balaban J connectivity index is 1.44. The third-order valence-corrected chi connectivity index (χ3v) is 7.85. The Bertz CT molecular complexity index is 1600. The van der Waals surface area contributed by atoms with Crippen molar-refractivity contribution in [3.05, 3.63) is 72.3 Å². The van der Waals surface area contributed by atoms with E-state index in [1.165, 1.54) is 5.56 Å². The van der Waals surface area contributed by atoms with E-state index in [2.05, 4.69) is 72.3 Å². The van der Waals surface area contributed by atoms with Gasteiger partial charge in [0, 0.05) is 29.3 Å². The lowest BCUT2D eigenvalue weighted by molar-refractivity contribution is -0.142. The molecule has 0 atom stereocenters. The van der Waals surface area contributed by atoms with Gasteiger partial charge in [-0.2, -0.15) is 0 Å². The number of hydrogen-bond acceptors (Lipinski definition) is 4. The maximum absolute atomic E-state index is 11.5. The van der Waals surface area contributed by atoms with Gasteiger partial charge in [0.15, 0.2) is 0 Å². The molecule has 0 amide bonds. The van der Waals surface area contributed by atoms with Crippen molar-refractivity contribution in [1.82, 2.24) is 19.4 Å². The summed E-state index contributed by atoms with van der Waals surface area (Å²) >= 11 is 0. The lowest BCUT2D eigenvalue weighted by Gasteiger charge is -2.25. The van der Waals surface area contributed by atoms with Gasteiger partial charge in [-0.05, 0) is 48.8 Å². The summed E-state index contributed by atoms with van der Waals surface area (Å²) in [6.45, 7) is 4.41. The zero-order valence-corrected chi connectivity index (χ0v) is 21.1. The second kappa shape index (κ2) is 9.07. The maximum Gasteiger partial charge on any atom is 0.306 e. The fraction of sp³-hybridized carbons (Fsp3) is 0.300. The number of aromatic nitrogens is 4. The first-order valence-corrected chi connectivity index (χ1v) is 13.0. The minimum absolute atomic E-state index is 0.179. The van der Waals surface area contributed by atoms with Crippen LogP contribution in [0, 0.1) is 5.92 Å². The number of carboxylic acids is 1. The van der Waals surface area contributed by atoms with Gasteiger partial charge in [0.25, 0.3) is 0 Å². The van der Waals surface area contributed by atoms with Gasteiger partial charge in [0.05, 0.1) is 17.1 Å². The number of imidazole rings is 1. The molecular formula is C30H31N5O2. The van der Waals surface area contributed by atoms with Crippen LogP contribution in [-0.4, -0.2) is 30.4 Å². The zero-order chi connectivity index (χ0) is 25.7. The number of nitrogens with two attached hydrogens (primary N) is 1. The Morgan fingerprint density at radius 1 is 1.11 bits per heavy atom. The van der Waals surface area contributed by atoms with Gasteiger partial charge in [0.2, 0.25) is 0 Å². The topological polar surface area (TPSA) is 109 Å². The van der Waals surface area contributed by atoms with Crippen LogP contribution in [0.25, 0.3) is 38.9 Å². The fourth-order valence-corrected chi connectivity index (χ4v) is 5.73. The van der Waals surface area contributed by atoms with Crippen molar-refractivity contribution in [2.75, 3.05) is 5.73 Å². The summed E-state index contributed by atoms with van der Waals surface area (Å²) in [5.74, 6) is 1.05. The largest absolute Gasteiger partial charge is 0.481 e. The van der Waals surface area contributed by atoms with E-state index in [-0.39, 0.29) is 11.8 Å². The van der Waals surface area contributed by atoms with Crippen LogP contribution >= 0.6 is 0 Å². The van der Waals surface area contributed by atoms with Crippen molar-refractivity contribution in [1.29, 1.82) is 0 Å². The van der Waals surface area contributed by atoms with Crippen molar-refractivity contribution < 1.29 is 9.90 Å². The molecule has 0 spiro atoms. The third-order valence-electron chi connectivity index (χ3n) is 7.85. The normalized spacial score (nSPS) is 18.1. The van der Waals surface area contributed by atoms with Crippen LogP contribution in [0.3, 0.4) is 0 Å². The number of fused-ring (bicyclic) bond motifs is 2. The fourth-order valence-electron chi connectivity index (χ4n) is 5.73. The van der Waals surface area contributed by atoms with Crippen LogP contribution in [-0.2, 0) is 4.79 Å². The lowest BCUT2D eigenvalue weighted by atomic mass is 9.81. The summed E-state index contributed by atoms with van der Waals surface area (Å²) in [4.78, 5) is 24.6. The zero-order valence-electron chi connectivity index (χ0n) is 21.1. The number of nitrogens with one attached hydrogen (secondary N) is 1. The summed E-state index contributed by atoms with van der Waals surface area (Å²) in [7, 11) is 0. The second-order valence-corrected chi connectivity index (χ2v) is 10.5. The molecule has 0 radical (unpaired) electrons. The molecule has 6 rings (SSSR count). The van der Waals surface area contributed by atoms with Gasteiger partial charge >= 0.3 is 5.97 Å². The standard InChI is InChI=1S/C30H31N5O2/c1-17(2)18-6-8-19(9-7-18)23-5-3-4-22-16-24(33-25(22)23)26-27-28(31)32-14-15-35(27)29(34-26)20-10-12-21(13-11-20)30(36)37/h3-9,14-17,20-21,33H,10-13H2,1-2H3,(H2,31,32)(H,36,37). The van der Waals surface area contributed by atoms with Crippen LogP contribution in [0.15, 0.2) is 60.9 Å². The van der Waals surface area contributed by atoms with Crippen molar-refractivity contribution in [3.63, 3.8) is 0 Å². The monoisotopic (exact) mass is 493 g/mol. The number of H-pyrrole nitrogens is 1. The predicted molar refractivity (Wildman–Crippen MR) is 147 cm³/mol. The molecule has 7 heteroatoms. The van der Waals surface area contributed by atoms with Gasteiger partial charge in [-0.15, -0.1) is 0 Å². The highest BCUT2D eigenvalue weighted by Crippen LogP contribution is 2.39. The molecule has 1 fully saturated rings. The number of hydrogen-bond donors (Lipinski definition) is 3. The molecule has 7 nitrogen and oxygen atoms in total. The molecule has 0 bridgehead atoms. The van der Waals surface area contributed by atoms with E-state index in [1.807, 2.05) is 10.6 Å². The highest BCUT2D eigenvalue weighted by molar-refractivity contribution is 5.98. The number of para-hydroxylation sites is 1. The molecule has 0 aliphatic heterocycles. The van der Waals surface area contributed by atoms with E-state index < -0.39 is 5.97 Å². The van der Waals surface area contributed by atoms with Crippen molar-refractivity contribution in [2.45, 2.75) is 51.4 Å². The highest BCUT2D eigenvalue weighted by atomic mass is 16.4. The van der Waals surface area contributed by atoms with Gasteiger partial charge in [-0.3, -0.25) is 9.20 Å². The lowest BCUT2D eigenvalue weighted by Crippen LogP contribution is -2.21. The number of nitrogen functional groups attached to an aromatic ring is 1. The average molecular weight is 494 g/mol. The minimum atomic E-state index is -0.701. The third kappa shape index (κ3) is 4.04. The van der Waals surface area contributed by atoms with Crippen molar-refractivity contribution >= 4 is 28.2 Å². The first kappa shape index (κ1) is 23.3. The van der Waals surface area contributed by atoms with E-state index in [4.69, 9.17) is 10.7 Å². The van der Waals surface area contributed by atoms with E-state index in [0.29, 0.717) is 24.6 Å². The Kier molecular flexibility index (Phi) is 5.71. The number of nitrogens with zero attached hydrogens (tertiary/aromatic N) is 3. The molecule has 1 aliphatic carbocycles. The molecule has 0 saturated heterocycles. The SMILES string of the molecule is CC(C)c1ccc(-c2cccc3cc(-c4nc(C5CCC(C(=O)O)CC5)n5ccnc(N)c45)[nH]c23)cc1. The number of carboxylic acid groups (broad SMARTS) is 1. The molecule has 4 N–H and O–H groups in total. The Morgan fingerprint density at radius 2 is 1.86 bits per heavy atom. The van der Waals surface area contributed by atoms with Crippen LogP contribution in [0.2, 0.25) is 0 Å². The van der Waals surface area contributed by atoms with E-state index in [9.17, 15) is 9.90 Å². The number of benzene rings is 2. The average Bonchev–Trinajstić information content (AvgIpc) is 3.51. The quantitative estimate of drug-likeness (QED) is 0.255. The molecule has 0 unspecified atom stereocenters. The smallest absolute Gasteiger partial charge is 0.306 e. The minimum Gasteiger partial charge on any atom is -0.481 e. The molecule has 3 aromatic heterocycles. The van der Waals surface area contributed by atoms with Crippen LogP contribution in [0.1, 0.15) is 62.8 Å². The highest BCUT2D eigenvalue weighted by Gasteiger charge is 2.30. The summed E-state index contributed by atoms with van der Waals surface area (Å²) < 4.78 is 2.04. The number of rotatable bonds is 5. The van der Waals surface area contributed by atoms with Crippen LogP contribution in [0.5, 0.6) is 0 Å². The van der Waals surface area contributed by atoms with Gasteiger partial charge in [-0.25, -0.2) is 9.97 Å². The predicted octanol–water partition coefficient (Wildman–Crippen LogP) is 6.61. The maximum atomic E-state index is 11.5.